The molecule has 8 heteroatoms. The molecule has 0 spiro atoms. The number of rotatable bonds is 7. The number of hydrogen-bond acceptors (Lipinski definition) is 4. The normalized spacial score (nSPS) is 16.3. The molecule has 1 aromatic carbocycles. The Hall–Kier alpha value is -2.38. The van der Waals surface area contributed by atoms with E-state index in [1.54, 1.807) is 6.07 Å². The largest absolute Gasteiger partial charge is 0.493 e. The summed E-state index contributed by atoms with van der Waals surface area (Å²) < 4.78 is 34.2. The Labute approximate surface area is 144 Å². The van der Waals surface area contributed by atoms with Gasteiger partial charge in [0.1, 0.15) is 5.54 Å². The molecule has 0 radical (unpaired) electrons. The summed E-state index contributed by atoms with van der Waals surface area (Å²) >= 11 is 0. The Bertz CT molecular complexity index is 629. The number of carboxylic acid groups (broad SMARTS) is 1. The molecule has 0 heterocycles. The van der Waals surface area contributed by atoms with Crippen LogP contribution in [0.1, 0.15) is 37.7 Å². The number of nitrogens with one attached hydrogen (secondary N) is 1. The van der Waals surface area contributed by atoms with E-state index in [1.165, 1.54) is 19.2 Å². The van der Waals surface area contributed by atoms with Crippen LogP contribution in [-0.4, -0.2) is 36.2 Å². The zero-order chi connectivity index (χ0) is 18.4. The number of carbonyl (C=O) groups is 2. The van der Waals surface area contributed by atoms with Gasteiger partial charge in [0.2, 0.25) is 5.91 Å². The maximum absolute atomic E-state index is 12.5. The number of methoxy groups -OCH3 is 1. The number of carboxylic acids is 1. The lowest BCUT2D eigenvalue weighted by molar-refractivity contribution is -0.149. The number of hydrogen-bond donors (Lipinski definition) is 2. The lowest BCUT2D eigenvalue weighted by Gasteiger charge is -2.34. The van der Waals surface area contributed by atoms with E-state index >= 15 is 0 Å². The molecule has 0 unspecified atom stereocenters. The van der Waals surface area contributed by atoms with Crippen molar-refractivity contribution in [3.8, 4) is 11.5 Å². The van der Waals surface area contributed by atoms with E-state index in [0.29, 0.717) is 18.4 Å². The fourth-order valence-electron chi connectivity index (χ4n) is 3.06. The van der Waals surface area contributed by atoms with E-state index < -0.39 is 24.0 Å². The molecule has 1 fully saturated rings. The van der Waals surface area contributed by atoms with Crippen LogP contribution in [0.2, 0.25) is 0 Å². The van der Waals surface area contributed by atoms with Gasteiger partial charge < -0.3 is 19.9 Å². The summed E-state index contributed by atoms with van der Waals surface area (Å²) in [4.78, 5) is 23.9. The van der Waals surface area contributed by atoms with Crippen molar-refractivity contribution < 1.29 is 33.0 Å². The first-order valence-electron chi connectivity index (χ1n) is 8.02. The smallest absolute Gasteiger partial charge is 0.387 e. The number of amides is 1. The Balaban J connectivity index is 2.10. The molecular weight excluding hydrogens is 336 g/mol. The van der Waals surface area contributed by atoms with Gasteiger partial charge in [0.05, 0.1) is 13.5 Å². The summed E-state index contributed by atoms with van der Waals surface area (Å²) in [5.74, 6) is -1.57. The first kappa shape index (κ1) is 19.0. The monoisotopic (exact) mass is 357 g/mol. The van der Waals surface area contributed by atoms with E-state index in [2.05, 4.69) is 10.1 Å². The summed E-state index contributed by atoms with van der Waals surface area (Å²) in [6, 6.07) is 4.26. The van der Waals surface area contributed by atoms with Crippen LogP contribution in [0, 0.1) is 0 Å². The summed E-state index contributed by atoms with van der Waals surface area (Å²) in [7, 11) is 1.32. The van der Waals surface area contributed by atoms with Gasteiger partial charge in [-0.3, -0.25) is 4.79 Å². The van der Waals surface area contributed by atoms with Crippen molar-refractivity contribution in [1.82, 2.24) is 5.32 Å². The van der Waals surface area contributed by atoms with Gasteiger partial charge in [-0.05, 0) is 30.5 Å². The zero-order valence-corrected chi connectivity index (χ0v) is 13.9. The van der Waals surface area contributed by atoms with E-state index in [9.17, 15) is 23.5 Å². The second kappa shape index (κ2) is 8.13. The van der Waals surface area contributed by atoms with E-state index in [0.717, 1.165) is 19.3 Å². The van der Waals surface area contributed by atoms with Gasteiger partial charge in [0, 0.05) is 0 Å². The van der Waals surface area contributed by atoms with E-state index in [-0.39, 0.29) is 17.9 Å². The lowest BCUT2D eigenvalue weighted by atomic mass is 9.81. The first-order chi connectivity index (χ1) is 11.9. The van der Waals surface area contributed by atoms with Gasteiger partial charge >= 0.3 is 12.6 Å². The average Bonchev–Trinajstić information content (AvgIpc) is 2.55. The summed E-state index contributed by atoms with van der Waals surface area (Å²) in [5, 5.41) is 12.1. The molecule has 1 aromatic rings. The van der Waals surface area contributed by atoms with Crippen LogP contribution in [0.4, 0.5) is 8.78 Å². The van der Waals surface area contributed by atoms with Crippen LogP contribution in [0.25, 0.3) is 0 Å². The predicted molar refractivity (Wildman–Crippen MR) is 84.9 cm³/mol. The highest BCUT2D eigenvalue weighted by molar-refractivity contribution is 5.88. The fraction of sp³-hybridized carbons (Fsp3) is 0.529. The van der Waals surface area contributed by atoms with Crippen molar-refractivity contribution in [2.24, 2.45) is 0 Å². The molecule has 0 aromatic heterocycles. The highest BCUT2D eigenvalue weighted by atomic mass is 19.3. The van der Waals surface area contributed by atoms with Crippen molar-refractivity contribution in [3.05, 3.63) is 23.8 Å². The average molecular weight is 357 g/mol. The second-order valence-electron chi connectivity index (χ2n) is 6.04. The molecule has 2 rings (SSSR count). The highest BCUT2D eigenvalue weighted by Gasteiger charge is 2.40. The maximum atomic E-state index is 12.5. The Morgan fingerprint density at radius 3 is 2.48 bits per heavy atom. The van der Waals surface area contributed by atoms with E-state index in [1.807, 2.05) is 0 Å². The molecule has 1 aliphatic rings. The molecule has 1 aliphatic carbocycles. The van der Waals surface area contributed by atoms with E-state index in [4.69, 9.17) is 4.74 Å². The third kappa shape index (κ3) is 4.80. The van der Waals surface area contributed by atoms with Gasteiger partial charge in [-0.15, -0.1) is 0 Å². The van der Waals surface area contributed by atoms with Gasteiger partial charge in [-0.1, -0.05) is 25.3 Å². The molecule has 2 N–H and O–H groups in total. The summed E-state index contributed by atoms with van der Waals surface area (Å²) in [5.41, 5.74) is -0.824. The number of ether oxygens (including phenoxy) is 2. The van der Waals surface area contributed by atoms with Gasteiger partial charge in [0.25, 0.3) is 0 Å². The quantitative estimate of drug-likeness (QED) is 0.784. The van der Waals surface area contributed by atoms with Crippen LogP contribution in [0.15, 0.2) is 18.2 Å². The van der Waals surface area contributed by atoms with Gasteiger partial charge in [-0.25, -0.2) is 4.79 Å². The minimum absolute atomic E-state index is 0.124. The standard InChI is InChI=1S/C17H21F2NO5/c1-24-12-6-5-11(9-13(12)25-16(18)19)10-14(21)20-17(15(22)23)7-3-2-4-8-17/h5-6,9,16H,2-4,7-8,10H2,1H3,(H,20,21)(H,22,23). The van der Waals surface area contributed by atoms with Crippen molar-refractivity contribution >= 4 is 11.9 Å². The molecule has 0 atom stereocenters. The number of alkyl halides is 2. The minimum atomic E-state index is -3.02. The molecule has 6 nitrogen and oxygen atoms in total. The van der Waals surface area contributed by atoms with Crippen molar-refractivity contribution in [2.75, 3.05) is 7.11 Å². The molecule has 138 valence electrons. The molecular formula is C17H21F2NO5. The van der Waals surface area contributed by atoms with Gasteiger partial charge in [0.15, 0.2) is 11.5 Å². The molecule has 0 saturated heterocycles. The van der Waals surface area contributed by atoms with Crippen LogP contribution in [0.3, 0.4) is 0 Å². The zero-order valence-electron chi connectivity index (χ0n) is 13.9. The van der Waals surface area contributed by atoms with Crippen LogP contribution >= 0.6 is 0 Å². The Morgan fingerprint density at radius 1 is 1.24 bits per heavy atom. The minimum Gasteiger partial charge on any atom is -0.493 e. The van der Waals surface area contributed by atoms with Gasteiger partial charge in [-0.2, -0.15) is 8.78 Å². The van der Waals surface area contributed by atoms with Crippen molar-refractivity contribution in [1.29, 1.82) is 0 Å². The summed E-state index contributed by atoms with van der Waals surface area (Å²) in [6.45, 7) is -3.02. The van der Waals surface area contributed by atoms with Crippen molar-refractivity contribution in [2.45, 2.75) is 50.7 Å². The third-order valence-electron chi connectivity index (χ3n) is 4.30. The number of carbonyl (C=O) groups excluding carboxylic acids is 1. The van der Waals surface area contributed by atoms with Crippen LogP contribution in [0.5, 0.6) is 11.5 Å². The summed E-state index contributed by atoms with van der Waals surface area (Å²) in [6.07, 6.45) is 3.05. The predicted octanol–water partition coefficient (Wildman–Crippen LogP) is 2.74. The number of benzene rings is 1. The number of halogens is 2. The topological polar surface area (TPSA) is 84.9 Å². The maximum Gasteiger partial charge on any atom is 0.387 e. The fourth-order valence-corrected chi connectivity index (χ4v) is 3.06. The molecule has 25 heavy (non-hydrogen) atoms. The molecule has 0 bridgehead atoms. The lowest BCUT2D eigenvalue weighted by Crippen LogP contribution is -2.55. The number of aliphatic carboxylic acids is 1. The van der Waals surface area contributed by atoms with Crippen molar-refractivity contribution in [3.63, 3.8) is 0 Å². The molecule has 1 saturated carbocycles. The SMILES string of the molecule is COc1ccc(CC(=O)NC2(C(=O)O)CCCCC2)cc1OC(F)F. The molecule has 0 aliphatic heterocycles. The third-order valence-corrected chi connectivity index (χ3v) is 4.30. The van der Waals surface area contributed by atoms with Crippen LogP contribution < -0.4 is 14.8 Å². The Kier molecular flexibility index (Phi) is 6.17. The first-order valence-corrected chi connectivity index (χ1v) is 8.02. The molecule has 1 amide bonds. The second-order valence-corrected chi connectivity index (χ2v) is 6.04. The van der Waals surface area contributed by atoms with Crippen LogP contribution in [-0.2, 0) is 16.0 Å². The highest BCUT2D eigenvalue weighted by Crippen LogP contribution is 2.31. The Morgan fingerprint density at radius 2 is 1.92 bits per heavy atom.